The second-order valence-electron chi connectivity index (χ2n) is 2.12. The topological polar surface area (TPSA) is 84.2 Å². The van der Waals surface area contributed by atoms with Crippen LogP contribution in [0.3, 0.4) is 0 Å². The third-order valence-corrected chi connectivity index (χ3v) is 1.63. The zero-order valence-electron chi connectivity index (χ0n) is 6.83. The maximum Gasteiger partial charge on any atom is 0.243 e. The maximum atomic E-state index is 11.0. The third kappa shape index (κ3) is 3.59. The fraction of sp³-hybridized carbons (Fsp3) is 0.667. The van der Waals surface area contributed by atoms with Crippen molar-refractivity contribution in [2.24, 2.45) is 5.73 Å². The van der Waals surface area contributed by atoms with E-state index in [0.29, 0.717) is 0 Å². The van der Waals surface area contributed by atoms with Gasteiger partial charge >= 0.3 is 0 Å². The molecule has 0 heterocycles. The highest BCUT2D eigenvalue weighted by molar-refractivity contribution is 7.80. The number of rotatable bonds is 4. The van der Waals surface area contributed by atoms with Gasteiger partial charge in [0, 0.05) is 12.8 Å². The average molecular weight is 191 g/mol. The van der Waals surface area contributed by atoms with Crippen molar-refractivity contribution in [2.45, 2.75) is 6.04 Å². The first-order valence-corrected chi connectivity index (χ1v) is 4.10. The number of amides is 2. The van der Waals surface area contributed by atoms with Gasteiger partial charge in [0.25, 0.3) is 0 Å². The van der Waals surface area contributed by atoms with E-state index in [4.69, 9.17) is 5.73 Å². The lowest BCUT2D eigenvalue weighted by molar-refractivity contribution is -0.127. The second kappa shape index (κ2) is 5.84. The largest absolute Gasteiger partial charge is 0.357 e. The van der Waals surface area contributed by atoms with E-state index in [-0.39, 0.29) is 24.1 Å². The molecule has 0 saturated carbocycles. The van der Waals surface area contributed by atoms with Crippen LogP contribution in [-0.2, 0) is 9.59 Å². The Kier molecular flexibility index (Phi) is 5.48. The van der Waals surface area contributed by atoms with E-state index < -0.39 is 6.04 Å². The summed E-state index contributed by atoms with van der Waals surface area (Å²) in [7, 11) is 1.49. The monoisotopic (exact) mass is 191 g/mol. The van der Waals surface area contributed by atoms with Gasteiger partial charge in [-0.25, -0.2) is 0 Å². The molecule has 0 aromatic heterocycles. The van der Waals surface area contributed by atoms with Gasteiger partial charge < -0.3 is 16.4 Å². The molecule has 4 N–H and O–H groups in total. The van der Waals surface area contributed by atoms with Gasteiger partial charge in [0.15, 0.2) is 0 Å². The molecule has 0 aliphatic heterocycles. The molecular weight excluding hydrogens is 178 g/mol. The van der Waals surface area contributed by atoms with Crippen molar-refractivity contribution in [2.75, 3.05) is 19.3 Å². The van der Waals surface area contributed by atoms with Crippen LogP contribution in [0.25, 0.3) is 0 Å². The molecule has 6 heteroatoms. The van der Waals surface area contributed by atoms with Crippen LogP contribution in [-0.4, -0.2) is 37.2 Å². The molecule has 70 valence electrons. The molecule has 0 aromatic rings. The summed E-state index contributed by atoms with van der Waals surface area (Å²) in [5.74, 6) is -0.379. The average Bonchev–Trinajstić information content (AvgIpc) is 2.12. The predicted octanol–water partition coefficient (Wildman–Crippen LogP) is -1.89. The first-order valence-electron chi connectivity index (χ1n) is 3.47. The number of thiol groups is 1. The smallest absolute Gasteiger partial charge is 0.243 e. The lowest BCUT2D eigenvalue weighted by atomic mass is 10.3. The summed E-state index contributed by atoms with van der Waals surface area (Å²) in [5, 5.41) is 4.82. The van der Waals surface area contributed by atoms with Gasteiger partial charge in [-0.1, -0.05) is 0 Å². The fourth-order valence-electron chi connectivity index (χ4n) is 0.622. The maximum absolute atomic E-state index is 11.0. The fourth-order valence-corrected chi connectivity index (χ4v) is 0.879. The molecule has 0 saturated heterocycles. The lowest BCUT2D eigenvalue weighted by Gasteiger charge is -2.13. The number of nitrogens with one attached hydrogen (secondary N) is 2. The molecule has 2 amide bonds. The van der Waals surface area contributed by atoms with Gasteiger partial charge in [-0.3, -0.25) is 9.59 Å². The predicted molar refractivity (Wildman–Crippen MR) is 48.9 cm³/mol. The summed E-state index contributed by atoms with van der Waals surface area (Å²) < 4.78 is 0. The summed E-state index contributed by atoms with van der Waals surface area (Å²) in [6.07, 6.45) is 0. The normalized spacial score (nSPS) is 11.9. The molecule has 0 rings (SSSR count). The number of nitrogens with two attached hydrogens (primary N) is 1. The van der Waals surface area contributed by atoms with E-state index in [2.05, 4.69) is 23.3 Å². The molecule has 12 heavy (non-hydrogen) atoms. The molecule has 0 radical (unpaired) electrons. The molecule has 0 aromatic carbocycles. The molecule has 0 fully saturated rings. The van der Waals surface area contributed by atoms with Crippen LogP contribution in [0.4, 0.5) is 0 Å². The number of carbonyl (C=O) groups is 2. The molecule has 0 unspecified atom stereocenters. The lowest BCUT2D eigenvalue weighted by Crippen LogP contribution is -2.48. The highest BCUT2D eigenvalue weighted by Crippen LogP contribution is 1.87. The van der Waals surface area contributed by atoms with Crippen LogP contribution in [0.1, 0.15) is 0 Å². The van der Waals surface area contributed by atoms with E-state index >= 15 is 0 Å². The minimum atomic E-state index is -0.602. The second-order valence-corrected chi connectivity index (χ2v) is 2.49. The van der Waals surface area contributed by atoms with Gasteiger partial charge in [0.1, 0.15) is 6.04 Å². The summed E-state index contributed by atoms with van der Waals surface area (Å²) in [5.41, 5.74) is 5.05. The molecular formula is C6H13N3O2S. The Balaban J connectivity index is 3.99. The van der Waals surface area contributed by atoms with Gasteiger partial charge in [-0.15, -0.1) is 0 Å². The number of hydrogen-bond donors (Lipinski definition) is 4. The van der Waals surface area contributed by atoms with Gasteiger partial charge in [-0.2, -0.15) is 12.6 Å². The van der Waals surface area contributed by atoms with Crippen molar-refractivity contribution in [3.8, 4) is 0 Å². The highest BCUT2D eigenvalue weighted by Gasteiger charge is 2.16. The number of carbonyl (C=O) groups excluding carboxylic acids is 2. The van der Waals surface area contributed by atoms with Crippen LogP contribution >= 0.6 is 12.6 Å². The molecule has 5 nitrogen and oxygen atoms in total. The van der Waals surface area contributed by atoms with Crippen molar-refractivity contribution < 1.29 is 9.59 Å². The Morgan fingerprint density at radius 2 is 2.17 bits per heavy atom. The molecule has 0 spiro atoms. The minimum absolute atomic E-state index is 0.124. The Labute approximate surface area is 76.5 Å². The minimum Gasteiger partial charge on any atom is -0.357 e. The quantitative estimate of drug-likeness (QED) is 0.392. The zero-order chi connectivity index (χ0) is 9.56. The summed E-state index contributed by atoms with van der Waals surface area (Å²) in [4.78, 5) is 21.7. The van der Waals surface area contributed by atoms with Gasteiger partial charge in [-0.05, 0) is 0 Å². The third-order valence-electron chi connectivity index (χ3n) is 1.27. The van der Waals surface area contributed by atoms with E-state index in [1.54, 1.807) is 0 Å². The number of likely N-dealkylation sites (N-methyl/N-ethyl adjacent to an activating group) is 1. The standard InChI is InChI=1S/C6H13N3O2S/c1-8-6(11)4(3-12)9-5(10)2-7/h4,12H,2-3,7H2,1H3,(H,8,11)(H,9,10)/t4-/m0/s1. The first kappa shape index (κ1) is 11.2. The van der Waals surface area contributed by atoms with Crippen LogP contribution < -0.4 is 16.4 Å². The van der Waals surface area contributed by atoms with Crippen molar-refractivity contribution in [3.05, 3.63) is 0 Å². The Morgan fingerprint density at radius 3 is 2.50 bits per heavy atom. The zero-order valence-corrected chi connectivity index (χ0v) is 7.73. The SMILES string of the molecule is CNC(=O)[C@H](CS)NC(=O)CN. The van der Waals surface area contributed by atoms with Crippen molar-refractivity contribution in [3.63, 3.8) is 0 Å². The Bertz CT molecular complexity index is 174. The van der Waals surface area contributed by atoms with E-state index in [9.17, 15) is 9.59 Å². The van der Waals surface area contributed by atoms with Gasteiger partial charge in [0.05, 0.1) is 6.54 Å². The van der Waals surface area contributed by atoms with Crippen LogP contribution in [0, 0.1) is 0 Å². The summed E-state index contributed by atoms with van der Waals surface area (Å²) >= 11 is 3.91. The van der Waals surface area contributed by atoms with E-state index in [0.717, 1.165) is 0 Å². The molecule has 0 aliphatic carbocycles. The van der Waals surface area contributed by atoms with E-state index in [1.165, 1.54) is 7.05 Å². The van der Waals surface area contributed by atoms with Gasteiger partial charge in [0.2, 0.25) is 11.8 Å². The van der Waals surface area contributed by atoms with Crippen molar-refractivity contribution in [1.82, 2.24) is 10.6 Å². The Morgan fingerprint density at radius 1 is 1.58 bits per heavy atom. The number of hydrogen-bond acceptors (Lipinski definition) is 4. The van der Waals surface area contributed by atoms with Crippen molar-refractivity contribution in [1.29, 1.82) is 0 Å². The summed E-state index contributed by atoms with van der Waals surface area (Å²) in [6.45, 7) is -0.124. The molecule has 1 atom stereocenters. The molecule has 0 aliphatic rings. The Hall–Kier alpha value is -0.750. The van der Waals surface area contributed by atoms with E-state index in [1.807, 2.05) is 0 Å². The van der Waals surface area contributed by atoms with Crippen LogP contribution in [0.5, 0.6) is 0 Å². The summed E-state index contributed by atoms with van der Waals surface area (Å²) in [6, 6.07) is -0.602. The molecule has 0 bridgehead atoms. The first-order chi connectivity index (χ1) is 5.65. The van der Waals surface area contributed by atoms with Crippen LogP contribution in [0.15, 0.2) is 0 Å². The van der Waals surface area contributed by atoms with Crippen LogP contribution in [0.2, 0.25) is 0 Å². The highest BCUT2D eigenvalue weighted by atomic mass is 32.1. The van der Waals surface area contributed by atoms with Crippen molar-refractivity contribution >= 4 is 24.4 Å².